The number of fused-ring (bicyclic) bond motifs is 1. The fourth-order valence-corrected chi connectivity index (χ4v) is 6.31. The number of carboxylic acid groups (broad SMARTS) is 1. The molecule has 0 aliphatic carbocycles. The Morgan fingerprint density at radius 3 is 2.33 bits per heavy atom. The Hall–Kier alpha value is -3.93. The van der Waals surface area contributed by atoms with E-state index in [4.69, 9.17) is 19.1 Å². The first-order chi connectivity index (χ1) is 23.3. The van der Waals surface area contributed by atoms with E-state index in [0.29, 0.717) is 25.9 Å². The van der Waals surface area contributed by atoms with Crippen LogP contribution in [0.15, 0.2) is 66.3 Å². The van der Waals surface area contributed by atoms with Gasteiger partial charge in [-0.1, -0.05) is 43.3 Å². The molecule has 0 saturated carbocycles. The van der Waals surface area contributed by atoms with Crippen molar-refractivity contribution in [1.82, 2.24) is 19.6 Å². The Kier molecular flexibility index (Phi) is 11.4. The second kappa shape index (κ2) is 15.3. The number of hydrogen-bond donors (Lipinski definition) is 1. The molecule has 2 fully saturated rings. The normalized spacial score (nSPS) is 19.3. The third kappa shape index (κ3) is 8.28. The van der Waals surface area contributed by atoms with Crippen molar-refractivity contribution < 1.29 is 28.7 Å². The van der Waals surface area contributed by atoms with E-state index in [2.05, 4.69) is 77.1 Å². The monoisotopic (exact) mass is 670 g/mol. The fourth-order valence-electron chi connectivity index (χ4n) is 6.31. The molecule has 3 aromatic rings. The fraction of sp³-hybridized carbons (Fsp3) is 0.500. The van der Waals surface area contributed by atoms with Crippen molar-refractivity contribution >= 4 is 35.6 Å². The first-order valence-corrected chi connectivity index (χ1v) is 17.4. The van der Waals surface area contributed by atoms with Gasteiger partial charge in [0.1, 0.15) is 0 Å². The quantitative estimate of drug-likeness (QED) is 0.161. The van der Waals surface area contributed by atoms with Gasteiger partial charge in [-0.3, -0.25) is 4.79 Å². The SMILES string of the molecule is CC/C(B1OC(C)(C)C(C)(C)O1)=C(/c1ccc(CCN(CC/C=C/C(=O)N(C)C)C(=O)O)cc1)c1ccc2c(cnn2C2CCCCO2)c1. The van der Waals surface area contributed by atoms with Gasteiger partial charge in [0.2, 0.25) is 5.91 Å². The highest BCUT2D eigenvalue weighted by Gasteiger charge is 2.52. The number of rotatable bonds is 12. The number of benzene rings is 2. The lowest BCUT2D eigenvalue weighted by Crippen LogP contribution is -2.41. The topological polar surface area (TPSA) is 106 Å². The number of carbonyl (C=O) groups excluding carboxylic acids is 1. The molecular weight excluding hydrogens is 619 g/mol. The van der Waals surface area contributed by atoms with E-state index in [1.807, 2.05) is 10.9 Å². The smallest absolute Gasteiger partial charge is 0.465 e. The molecule has 5 rings (SSSR count). The zero-order chi connectivity index (χ0) is 35.3. The largest absolute Gasteiger partial charge is 0.491 e. The van der Waals surface area contributed by atoms with Crippen LogP contribution in [0.5, 0.6) is 0 Å². The van der Waals surface area contributed by atoms with Crippen molar-refractivity contribution in [3.63, 3.8) is 0 Å². The van der Waals surface area contributed by atoms with E-state index in [0.717, 1.165) is 70.9 Å². The van der Waals surface area contributed by atoms with Crippen LogP contribution >= 0.6 is 0 Å². The van der Waals surface area contributed by atoms with Gasteiger partial charge in [-0.2, -0.15) is 5.10 Å². The third-order valence-electron chi connectivity index (χ3n) is 10.0. The predicted molar refractivity (Wildman–Crippen MR) is 193 cm³/mol. The number of ether oxygens (including phenoxy) is 1. The minimum absolute atomic E-state index is 0.0450. The van der Waals surface area contributed by atoms with Gasteiger partial charge in [0, 0.05) is 39.2 Å². The summed E-state index contributed by atoms with van der Waals surface area (Å²) in [7, 11) is 2.86. The van der Waals surface area contributed by atoms with Crippen LogP contribution in [0.4, 0.5) is 4.79 Å². The maximum atomic E-state index is 12.0. The van der Waals surface area contributed by atoms with Crippen molar-refractivity contribution in [3.05, 3.63) is 83.0 Å². The van der Waals surface area contributed by atoms with Gasteiger partial charge in [0.05, 0.1) is 22.9 Å². The lowest BCUT2D eigenvalue weighted by molar-refractivity contribution is -0.123. The van der Waals surface area contributed by atoms with E-state index in [1.165, 1.54) is 15.9 Å². The molecule has 2 aliphatic rings. The lowest BCUT2D eigenvalue weighted by atomic mass is 9.70. The van der Waals surface area contributed by atoms with Crippen molar-refractivity contribution in [2.75, 3.05) is 33.8 Å². The van der Waals surface area contributed by atoms with Gasteiger partial charge < -0.3 is 29.0 Å². The van der Waals surface area contributed by atoms with Gasteiger partial charge in [-0.05, 0) is 112 Å². The molecule has 2 aromatic carbocycles. The minimum atomic E-state index is -0.974. The zero-order valence-corrected chi connectivity index (χ0v) is 30.1. The molecule has 0 bridgehead atoms. The number of allylic oxidation sites excluding steroid dienone is 1. The summed E-state index contributed by atoms with van der Waals surface area (Å²) in [6, 6.07) is 14.8. The van der Waals surface area contributed by atoms with Gasteiger partial charge in [-0.15, -0.1) is 0 Å². The van der Waals surface area contributed by atoms with Crippen molar-refractivity contribution in [2.24, 2.45) is 0 Å². The molecule has 2 aliphatic heterocycles. The number of hydrogen-bond acceptors (Lipinski definition) is 6. The summed E-state index contributed by atoms with van der Waals surface area (Å²) in [6.07, 6.45) is 9.03. The molecule has 1 atom stereocenters. The minimum Gasteiger partial charge on any atom is -0.465 e. The first kappa shape index (κ1) is 36.4. The van der Waals surface area contributed by atoms with Crippen LogP contribution in [-0.2, 0) is 25.3 Å². The van der Waals surface area contributed by atoms with Crippen LogP contribution in [0.25, 0.3) is 16.5 Å². The second-order valence-corrected chi connectivity index (χ2v) is 14.2. The molecule has 49 heavy (non-hydrogen) atoms. The first-order valence-electron chi connectivity index (χ1n) is 17.4. The second-order valence-electron chi connectivity index (χ2n) is 14.2. The Morgan fingerprint density at radius 2 is 1.71 bits per heavy atom. The highest BCUT2D eigenvalue weighted by Crippen LogP contribution is 2.42. The number of aromatic nitrogens is 2. The predicted octanol–water partition coefficient (Wildman–Crippen LogP) is 7.14. The highest BCUT2D eigenvalue weighted by atomic mass is 16.7. The third-order valence-corrected chi connectivity index (χ3v) is 10.0. The van der Waals surface area contributed by atoms with Gasteiger partial charge >= 0.3 is 13.2 Å². The average molecular weight is 671 g/mol. The van der Waals surface area contributed by atoms with E-state index in [9.17, 15) is 14.7 Å². The van der Waals surface area contributed by atoms with Crippen LogP contribution in [0, 0.1) is 0 Å². The zero-order valence-electron chi connectivity index (χ0n) is 30.1. The summed E-state index contributed by atoms with van der Waals surface area (Å²) in [5.41, 5.74) is 5.32. The molecule has 11 heteroatoms. The van der Waals surface area contributed by atoms with E-state index < -0.39 is 24.4 Å². The van der Waals surface area contributed by atoms with Crippen LogP contribution in [-0.4, -0.2) is 88.8 Å². The molecule has 0 spiro atoms. The lowest BCUT2D eigenvalue weighted by Gasteiger charge is -2.32. The van der Waals surface area contributed by atoms with E-state index in [-0.39, 0.29) is 12.1 Å². The molecule has 3 heterocycles. The molecule has 2 amide bonds. The van der Waals surface area contributed by atoms with Crippen LogP contribution in [0.3, 0.4) is 0 Å². The van der Waals surface area contributed by atoms with Crippen LogP contribution < -0.4 is 0 Å². The summed E-state index contributed by atoms with van der Waals surface area (Å²) in [4.78, 5) is 26.6. The molecule has 1 aromatic heterocycles. The Balaban J connectivity index is 1.43. The summed E-state index contributed by atoms with van der Waals surface area (Å²) in [5.74, 6) is -0.121. The Morgan fingerprint density at radius 1 is 1.02 bits per heavy atom. The molecule has 0 radical (unpaired) electrons. The van der Waals surface area contributed by atoms with Gasteiger partial charge in [0.15, 0.2) is 6.23 Å². The van der Waals surface area contributed by atoms with E-state index >= 15 is 0 Å². The molecule has 262 valence electrons. The van der Waals surface area contributed by atoms with Crippen LogP contribution in [0.1, 0.15) is 89.6 Å². The molecule has 2 saturated heterocycles. The summed E-state index contributed by atoms with van der Waals surface area (Å²) in [5, 5.41) is 15.6. The maximum absolute atomic E-state index is 12.0. The summed E-state index contributed by atoms with van der Waals surface area (Å²) in [6.45, 7) is 11.9. The molecule has 10 nitrogen and oxygen atoms in total. The van der Waals surface area contributed by atoms with Crippen LogP contribution in [0.2, 0.25) is 0 Å². The number of carbonyl (C=O) groups is 2. The summed E-state index contributed by atoms with van der Waals surface area (Å²) < 4.78 is 21.2. The number of likely N-dealkylation sites (N-methyl/N-ethyl adjacent to an activating group) is 1. The van der Waals surface area contributed by atoms with Crippen molar-refractivity contribution in [2.45, 2.75) is 90.6 Å². The molecule has 1 unspecified atom stereocenters. The molecule has 1 N–H and O–H groups in total. The standard InChI is InChI=1S/C38H51BN4O6/c1-8-31(39-48-37(2,3)38(4,5)49-39)35(29-19-20-32-30(25-29)26-40-43(32)34-14-10-12-24-47-34)28-17-15-27(16-18-28)21-23-42(36(45)46)22-11-9-13-33(44)41(6)7/h9,13,15-20,25-26,34H,8,10-12,14,21-24H2,1-7H3,(H,45,46)/b13-9+,35-31+. The Bertz CT molecular complexity index is 1670. The van der Waals surface area contributed by atoms with Crippen molar-refractivity contribution in [3.8, 4) is 0 Å². The Labute approximate surface area is 290 Å². The number of amides is 2. The highest BCUT2D eigenvalue weighted by molar-refractivity contribution is 6.56. The van der Waals surface area contributed by atoms with Gasteiger partial charge in [-0.25, -0.2) is 9.48 Å². The van der Waals surface area contributed by atoms with E-state index in [1.54, 1.807) is 20.2 Å². The molecular formula is C38H51BN4O6. The average Bonchev–Trinajstić information content (AvgIpc) is 3.59. The van der Waals surface area contributed by atoms with Crippen molar-refractivity contribution in [1.29, 1.82) is 0 Å². The van der Waals surface area contributed by atoms with Gasteiger partial charge in [0.25, 0.3) is 0 Å². The summed E-state index contributed by atoms with van der Waals surface area (Å²) >= 11 is 0. The number of nitrogens with zero attached hydrogens (tertiary/aromatic N) is 4. The maximum Gasteiger partial charge on any atom is 0.491 e.